The molecule has 1 fully saturated rings. The van der Waals surface area contributed by atoms with Crippen LogP contribution in [0.4, 0.5) is 0 Å². The molecule has 1 unspecified atom stereocenters. The molecule has 0 amide bonds. The van der Waals surface area contributed by atoms with Crippen molar-refractivity contribution in [1.82, 2.24) is 10.6 Å². The lowest BCUT2D eigenvalue weighted by Gasteiger charge is -2.18. The van der Waals surface area contributed by atoms with E-state index < -0.39 is 0 Å². The summed E-state index contributed by atoms with van der Waals surface area (Å²) >= 11 is 6.05. The van der Waals surface area contributed by atoms with Gasteiger partial charge >= 0.3 is 0 Å². The Morgan fingerprint density at radius 2 is 2.22 bits per heavy atom. The first-order chi connectivity index (χ1) is 10.7. The van der Waals surface area contributed by atoms with Gasteiger partial charge in [0.25, 0.3) is 0 Å². The molecule has 2 rings (SSSR count). The van der Waals surface area contributed by atoms with Gasteiger partial charge in [0.2, 0.25) is 0 Å². The molecule has 23 heavy (non-hydrogen) atoms. The Hall–Kier alpha value is -0.530. The molecule has 4 nitrogen and oxygen atoms in total. The Morgan fingerprint density at radius 1 is 1.43 bits per heavy atom. The minimum atomic E-state index is 0. The van der Waals surface area contributed by atoms with Crippen molar-refractivity contribution in [2.45, 2.75) is 32.7 Å². The van der Waals surface area contributed by atoms with Crippen LogP contribution >= 0.6 is 35.6 Å². The molecule has 0 radical (unpaired) electrons. The number of benzene rings is 1. The molecule has 0 spiro atoms. The van der Waals surface area contributed by atoms with Crippen molar-refractivity contribution in [3.63, 3.8) is 0 Å². The maximum absolute atomic E-state index is 6.05. The number of guanidine groups is 1. The van der Waals surface area contributed by atoms with E-state index in [4.69, 9.17) is 16.3 Å². The second-order valence-corrected chi connectivity index (χ2v) is 6.14. The van der Waals surface area contributed by atoms with Gasteiger partial charge in [-0.05, 0) is 50.3 Å². The highest BCUT2D eigenvalue weighted by molar-refractivity contribution is 14.0. The highest BCUT2D eigenvalue weighted by atomic mass is 127. The zero-order valence-electron chi connectivity index (χ0n) is 13.8. The fourth-order valence-electron chi connectivity index (χ4n) is 2.14. The van der Waals surface area contributed by atoms with Gasteiger partial charge in [0.05, 0.1) is 19.2 Å². The van der Waals surface area contributed by atoms with Gasteiger partial charge in [0.1, 0.15) is 0 Å². The number of aliphatic imine (C=N–C) groups is 1. The summed E-state index contributed by atoms with van der Waals surface area (Å²) in [6.07, 6.45) is 2.65. The highest BCUT2D eigenvalue weighted by Gasteiger charge is 2.20. The van der Waals surface area contributed by atoms with Gasteiger partial charge in [0, 0.05) is 18.2 Å². The first-order valence-corrected chi connectivity index (χ1v) is 8.45. The van der Waals surface area contributed by atoms with E-state index in [1.165, 1.54) is 12.8 Å². The Bertz CT molecular complexity index is 494. The van der Waals surface area contributed by atoms with Gasteiger partial charge in [-0.1, -0.05) is 23.7 Å². The molecule has 0 bridgehead atoms. The summed E-state index contributed by atoms with van der Waals surface area (Å²) in [4.78, 5) is 4.56. The van der Waals surface area contributed by atoms with E-state index in [2.05, 4.69) is 35.5 Å². The van der Waals surface area contributed by atoms with Gasteiger partial charge in [-0.15, -0.1) is 24.0 Å². The average molecular weight is 452 g/mol. The Labute approximate surface area is 161 Å². The maximum atomic E-state index is 6.05. The van der Waals surface area contributed by atoms with E-state index in [1.807, 2.05) is 18.2 Å². The van der Waals surface area contributed by atoms with Gasteiger partial charge < -0.3 is 15.4 Å². The van der Waals surface area contributed by atoms with Crippen molar-refractivity contribution in [1.29, 1.82) is 0 Å². The van der Waals surface area contributed by atoms with Crippen molar-refractivity contribution in [2.75, 3.05) is 26.3 Å². The number of hydrogen-bond donors (Lipinski definition) is 2. The largest absolute Gasteiger partial charge is 0.379 e. The second kappa shape index (κ2) is 11.1. The zero-order chi connectivity index (χ0) is 15.8. The molecule has 1 aromatic rings. The van der Waals surface area contributed by atoms with Crippen LogP contribution in [0.5, 0.6) is 0 Å². The molecule has 0 heterocycles. The number of ether oxygens (including phenoxy) is 1. The lowest BCUT2D eigenvalue weighted by molar-refractivity contribution is 0.131. The SMILES string of the molecule is CCNC(=NCCOCC1CC1)NC(C)c1cccc(Cl)c1.I. The van der Waals surface area contributed by atoms with Crippen molar-refractivity contribution < 1.29 is 4.74 Å². The molecule has 0 aliphatic heterocycles. The summed E-state index contributed by atoms with van der Waals surface area (Å²) < 4.78 is 5.61. The summed E-state index contributed by atoms with van der Waals surface area (Å²) in [6, 6.07) is 8.02. The number of halogens is 2. The third-order valence-electron chi connectivity index (χ3n) is 3.60. The summed E-state index contributed by atoms with van der Waals surface area (Å²) in [5, 5.41) is 7.41. The third-order valence-corrected chi connectivity index (χ3v) is 3.84. The predicted molar refractivity (Wildman–Crippen MR) is 108 cm³/mol. The van der Waals surface area contributed by atoms with Gasteiger partial charge in [-0.3, -0.25) is 4.99 Å². The number of nitrogens with zero attached hydrogens (tertiary/aromatic N) is 1. The maximum Gasteiger partial charge on any atom is 0.191 e. The molecular formula is C17H27ClIN3O. The standard InChI is InChI=1S/C17H26ClN3O.HI/c1-3-19-17(20-9-10-22-12-14-7-8-14)21-13(2)15-5-4-6-16(18)11-15;/h4-6,11,13-14H,3,7-10,12H2,1-2H3,(H2,19,20,21);1H. The number of rotatable bonds is 8. The quantitative estimate of drug-likeness (QED) is 0.272. The Kier molecular flexibility index (Phi) is 9.90. The van der Waals surface area contributed by atoms with Gasteiger partial charge in [-0.2, -0.15) is 0 Å². The van der Waals surface area contributed by atoms with E-state index in [1.54, 1.807) is 0 Å². The summed E-state index contributed by atoms with van der Waals surface area (Å²) in [5.41, 5.74) is 1.14. The van der Waals surface area contributed by atoms with Gasteiger partial charge in [0.15, 0.2) is 5.96 Å². The average Bonchev–Trinajstić information content (AvgIpc) is 3.31. The van der Waals surface area contributed by atoms with Crippen LogP contribution in [0.15, 0.2) is 29.3 Å². The third kappa shape index (κ3) is 8.22. The summed E-state index contributed by atoms with van der Waals surface area (Å²) in [7, 11) is 0. The predicted octanol–water partition coefficient (Wildman–Crippen LogP) is 4.00. The van der Waals surface area contributed by atoms with Crippen molar-refractivity contribution >= 4 is 41.5 Å². The van der Waals surface area contributed by atoms with E-state index in [0.717, 1.165) is 35.6 Å². The molecule has 1 atom stereocenters. The Balaban J connectivity index is 0.00000264. The van der Waals surface area contributed by atoms with E-state index in [0.29, 0.717) is 13.2 Å². The van der Waals surface area contributed by atoms with Crippen molar-refractivity contribution in [3.8, 4) is 0 Å². The summed E-state index contributed by atoms with van der Waals surface area (Å²) in [5.74, 6) is 1.61. The minimum absolute atomic E-state index is 0. The first-order valence-electron chi connectivity index (χ1n) is 8.07. The molecule has 0 aromatic heterocycles. The van der Waals surface area contributed by atoms with Crippen molar-refractivity contribution in [3.05, 3.63) is 34.9 Å². The topological polar surface area (TPSA) is 45.7 Å². The first kappa shape index (κ1) is 20.5. The molecule has 1 aliphatic rings. The highest BCUT2D eigenvalue weighted by Crippen LogP contribution is 2.28. The monoisotopic (exact) mass is 451 g/mol. The molecule has 0 saturated heterocycles. The summed E-state index contributed by atoms with van der Waals surface area (Å²) in [6.45, 7) is 7.23. The van der Waals surface area contributed by atoms with Gasteiger partial charge in [-0.25, -0.2) is 0 Å². The molecule has 1 saturated carbocycles. The van der Waals surface area contributed by atoms with Crippen LogP contribution in [-0.2, 0) is 4.74 Å². The lowest BCUT2D eigenvalue weighted by Crippen LogP contribution is -2.39. The van der Waals surface area contributed by atoms with E-state index >= 15 is 0 Å². The molecule has 6 heteroatoms. The smallest absolute Gasteiger partial charge is 0.191 e. The lowest BCUT2D eigenvalue weighted by atomic mass is 10.1. The van der Waals surface area contributed by atoms with Crippen molar-refractivity contribution in [2.24, 2.45) is 10.9 Å². The van der Waals surface area contributed by atoms with Crippen LogP contribution in [0, 0.1) is 5.92 Å². The van der Waals surface area contributed by atoms with E-state index in [9.17, 15) is 0 Å². The molecular weight excluding hydrogens is 425 g/mol. The van der Waals surface area contributed by atoms with E-state index in [-0.39, 0.29) is 30.0 Å². The fourth-order valence-corrected chi connectivity index (χ4v) is 2.34. The fraction of sp³-hybridized carbons (Fsp3) is 0.588. The Morgan fingerprint density at radius 3 is 2.87 bits per heavy atom. The van der Waals surface area contributed by atoms with Crippen LogP contribution in [0.3, 0.4) is 0 Å². The number of hydrogen-bond acceptors (Lipinski definition) is 2. The zero-order valence-corrected chi connectivity index (χ0v) is 16.9. The van der Waals surface area contributed by atoms with Crippen LogP contribution in [0.25, 0.3) is 0 Å². The molecule has 2 N–H and O–H groups in total. The number of nitrogens with one attached hydrogen (secondary N) is 2. The molecule has 130 valence electrons. The van der Waals surface area contributed by atoms with Crippen LogP contribution in [0.1, 0.15) is 38.3 Å². The molecule has 1 aromatic carbocycles. The minimum Gasteiger partial charge on any atom is -0.379 e. The van der Waals surface area contributed by atoms with Crippen LogP contribution < -0.4 is 10.6 Å². The second-order valence-electron chi connectivity index (χ2n) is 5.70. The van der Waals surface area contributed by atoms with Crippen LogP contribution in [-0.4, -0.2) is 32.3 Å². The normalized spacial score (nSPS) is 15.7. The molecule has 1 aliphatic carbocycles. The van der Waals surface area contributed by atoms with Crippen LogP contribution in [0.2, 0.25) is 5.02 Å².